The Morgan fingerprint density at radius 1 is 1.09 bits per heavy atom. The second-order valence-electron chi connectivity index (χ2n) is 8.90. The minimum Gasteiger partial charge on any atom is -0.490 e. The van der Waals surface area contributed by atoms with E-state index in [1.54, 1.807) is 0 Å². The molecule has 3 rings (SSSR count). The highest BCUT2D eigenvalue weighted by atomic mass is 32.2. The molecule has 192 valence electrons. The van der Waals surface area contributed by atoms with Crippen molar-refractivity contribution in [1.82, 2.24) is 9.62 Å². The van der Waals surface area contributed by atoms with Crippen molar-refractivity contribution >= 4 is 15.9 Å². The zero-order valence-corrected chi connectivity index (χ0v) is 21.9. The van der Waals surface area contributed by atoms with Gasteiger partial charge in [-0.15, -0.1) is 0 Å². The number of sulfonamides is 1. The van der Waals surface area contributed by atoms with Gasteiger partial charge in [0.15, 0.2) is 11.5 Å². The van der Waals surface area contributed by atoms with Gasteiger partial charge in [-0.05, 0) is 69.7 Å². The third-order valence-corrected chi connectivity index (χ3v) is 8.21. The normalized spacial score (nSPS) is 17.5. The lowest BCUT2D eigenvalue weighted by Gasteiger charge is -2.32. The predicted molar refractivity (Wildman–Crippen MR) is 138 cm³/mol. The fourth-order valence-corrected chi connectivity index (χ4v) is 5.97. The molecule has 1 amide bonds. The summed E-state index contributed by atoms with van der Waals surface area (Å²) in [6.07, 6.45) is 2.65. The number of benzene rings is 2. The first-order valence-electron chi connectivity index (χ1n) is 12.6. The quantitative estimate of drug-likeness (QED) is 0.467. The van der Waals surface area contributed by atoms with Gasteiger partial charge in [0.25, 0.3) is 0 Å². The van der Waals surface area contributed by atoms with Gasteiger partial charge < -0.3 is 14.8 Å². The van der Waals surface area contributed by atoms with Crippen LogP contribution in [0.4, 0.5) is 0 Å². The molecule has 1 aliphatic rings. The first kappa shape index (κ1) is 27.0. The largest absolute Gasteiger partial charge is 0.490 e. The third kappa shape index (κ3) is 7.70. The van der Waals surface area contributed by atoms with E-state index in [1.807, 2.05) is 69.3 Å². The summed E-state index contributed by atoms with van der Waals surface area (Å²) in [5.41, 5.74) is 2.04. The molecule has 8 heteroatoms. The van der Waals surface area contributed by atoms with E-state index in [0.29, 0.717) is 50.5 Å². The Bertz CT molecular complexity index is 1060. The van der Waals surface area contributed by atoms with Gasteiger partial charge in [-0.25, -0.2) is 12.7 Å². The molecule has 0 aliphatic carbocycles. The van der Waals surface area contributed by atoms with Crippen LogP contribution in [0.15, 0.2) is 48.5 Å². The molecular weight excluding hydrogens is 464 g/mol. The fourth-order valence-electron chi connectivity index (χ4n) is 4.39. The summed E-state index contributed by atoms with van der Waals surface area (Å²) in [4.78, 5) is 13.0. The van der Waals surface area contributed by atoms with Gasteiger partial charge in [0.1, 0.15) is 0 Å². The summed E-state index contributed by atoms with van der Waals surface area (Å²) in [6, 6.07) is 15.3. The minimum atomic E-state index is -3.40. The highest BCUT2D eigenvalue weighted by Gasteiger charge is 2.32. The van der Waals surface area contributed by atoms with Crippen LogP contribution in [-0.4, -0.2) is 50.7 Å². The van der Waals surface area contributed by atoms with Crippen LogP contribution in [0, 0.1) is 5.92 Å². The van der Waals surface area contributed by atoms with Gasteiger partial charge >= 0.3 is 0 Å². The SMILES string of the molecule is CCOc1ccc([C@@H](C)NC(=O)[C@H]2CCCN(S(=O)(=O)CCCc3ccccc3)C2)cc1OCC. The number of carbonyl (C=O) groups is 1. The molecule has 1 fully saturated rings. The van der Waals surface area contributed by atoms with Crippen LogP contribution in [0.3, 0.4) is 0 Å². The first-order valence-corrected chi connectivity index (χ1v) is 14.2. The summed E-state index contributed by atoms with van der Waals surface area (Å²) >= 11 is 0. The number of carbonyl (C=O) groups excluding carboxylic acids is 1. The molecule has 2 aromatic rings. The number of nitrogens with zero attached hydrogens (tertiary/aromatic N) is 1. The van der Waals surface area contributed by atoms with E-state index in [4.69, 9.17) is 9.47 Å². The number of ether oxygens (including phenoxy) is 2. The number of hydrogen-bond acceptors (Lipinski definition) is 5. The van der Waals surface area contributed by atoms with Crippen molar-refractivity contribution in [3.05, 3.63) is 59.7 Å². The summed E-state index contributed by atoms with van der Waals surface area (Å²) in [6.45, 7) is 7.52. The van der Waals surface area contributed by atoms with Crippen molar-refractivity contribution in [2.24, 2.45) is 5.92 Å². The zero-order chi connectivity index (χ0) is 25.3. The Kier molecular flexibility index (Phi) is 9.98. The Morgan fingerprint density at radius 3 is 2.51 bits per heavy atom. The summed E-state index contributed by atoms with van der Waals surface area (Å²) in [5, 5.41) is 3.07. The number of amides is 1. The Balaban J connectivity index is 1.57. The maximum atomic E-state index is 13.0. The van der Waals surface area contributed by atoms with Gasteiger partial charge in [0, 0.05) is 13.1 Å². The Morgan fingerprint density at radius 2 is 1.80 bits per heavy atom. The zero-order valence-electron chi connectivity index (χ0n) is 21.0. The van der Waals surface area contributed by atoms with Crippen molar-refractivity contribution < 1.29 is 22.7 Å². The molecule has 0 spiro atoms. The molecule has 2 atom stereocenters. The lowest BCUT2D eigenvalue weighted by molar-refractivity contribution is -0.126. The molecule has 0 unspecified atom stereocenters. The van der Waals surface area contributed by atoms with Gasteiger partial charge in [0.05, 0.1) is 30.9 Å². The number of rotatable bonds is 12. The summed E-state index contributed by atoms with van der Waals surface area (Å²) in [7, 11) is -3.40. The second kappa shape index (κ2) is 12.9. The van der Waals surface area contributed by atoms with Crippen LogP contribution < -0.4 is 14.8 Å². The fraction of sp³-hybridized carbons (Fsp3) is 0.519. The monoisotopic (exact) mass is 502 g/mol. The van der Waals surface area contributed by atoms with E-state index in [2.05, 4.69) is 5.32 Å². The van der Waals surface area contributed by atoms with Crippen LogP contribution in [0.25, 0.3) is 0 Å². The van der Waals surface area contributed by atoms with E-state index < -0.39 is 10.0 Å². The summed E-state index contributed by atoms with van der Waals surface area (Å²) < 4.78 is 38.7. The molecule has 0 bridgehead atoms. The molecule has 1 aliphatic heterocycles. The molecule has 0 aromatic heterocycles. The van der Waals surface area contributed by atoms with E-state index in [9.17, 15) is 13.2 Å². The molecule has 1 saturated heterocycles. The third-order valence-electron chi connectivity index (χ3n) is 6.29. The van der Waals surface area contributed by atoms with Gasteiger partial charge in [-0.2, -0.15) is 0 Å². The average Bonchev–Trinajstić information content (AvgIpc) is 2.86. The topological polar surface area (TPSA) is 84.9 Å². The van der Waals surface area contributed by atoms with Crippen LogP contribution in [0.5, 0.6) is 11.5 Å². The highest BCUT2D eigenvalue weighted by Crippen LogP contribution is 2.31. The molecule has 2 aromatic carbocycles. The maximum absolute atomic E-state index is 13.0. The highest BCUT2D eigenvalue weighted by molar-refractivity contribution is 7.89. The van der Waals surface area contributed by atoms with Crippen LogP contribution in [0.2, 0.25) is 0 Å². The van der Waals surface area contributed by atoms with Crippen molar-refractivity contribution in [3.63, 3.8) is 0 Å². The van der Waals surface area contributed by atoms with E-state index in [0.717, 1.165) is 17.5 Å². The summed E-state index contributed by atoms with van der Waals surface area (Å²) in [5.74, 6) is 0.951. The molecule has 7 nitrogen and oxygen atoms in total. The Hall–Kier alpha value is -2.58. The van der Waals surface area contributed by atoms with Gasteiger partial charge in [-0.3, -0.25) is 4.79 Å². The lowest BCUT2D eigenvalue weighted by atomic mass is 9.98. The van der Waals surface area contributed by atoms with E-state index in [-0.39, 0.29) is 30.2 Å². The standard InChI is InChI=1S/C27H38N2O5S/c1-4-33-25-16-15-23(19-26(25)34-5-2)21(3)28-27(30)24-14-9-17-29(20-24)35(31,32)18-10-13-22-11-7-6-8-12-22/h6-8,11-12,15-16,19,21,24H,4-5,9-10,13-14,17-18,20H2,1-3H3,(H,28,30)/t21-,24+/m1/s1. The van der Waals surface area contributed by atoms with Gasteiger partial charge in [0.2, 0.25) is 15.9 Å². The molecule has 0 saturated carbocycles. The minimum absolute atomic E-state index is 0.0963. The average molecular weight is 503 g/mol. The second-order valence-corrected chi connectivity index (χ2v) is 11.0. The van der Waals surface area contributed by atoms with Gasteiger partial charge in [-0.1, -0.05) is 36.4 Å². The number of hydrogen-bond donors (Lipinski definition) is 1. The van der Waals surface area contributed by atoms with Crippen LogP contribution >= 0.6 is 0 Å². The van der Waals surface area contributed by atoms with E-state index in [1.165, 1.54) is 4.31 Å². The number of nitrogens with one attached hydrogen (secondary N) is 1. The molecular formula is C27H38N2O5S. The smallest absolute Gasteiger partial charge is 0.224 e. The Labute approximate surface area is 209 Å². The number of piperidine rings is 1. The van der Waals surface area contributed by atoms with Crippen LogP contribution in [-0.2, 0) is 21.2 Å². The van der Waals surface area contributed by atoms with Crippen LogP contribution in [0.1, 0.15) is 57.2 Å². The molecule has 1 heterocycles. The van der Waals surface area contributed by atoms with Crippen molar-refractivity contribution in [1.29, 1.82) is 0 Å². The molecule has 1 N–H and O–H groups in total. The lowest BCUT2D eigenvalue weighted by Crippen LogP contribution is -2.46. The number of aryl methyl sites for hydroxylation is 1. The predicted octanol–water partition coefficient (Wildman–Crippen LogP) is 4.34. The van der Waals surface area contributed by atoms with E-state index >= 15 is 0 Å². The first-order chi connectivity index (χ1) is 16.8. The van der Waals surface area contributed by atoms with Crippen molar-refractivity contribution in [3.8, 4) is 11.5 Å². The molecule has 0 radical (unpaired) electrons. The molecule has 35 heavy (non-hydrogen) atoms. The van der Waals surface area contributed by atoms with Crippen molar-refractivity contribution in [2.75, 3.05) is 32.1 Å². The maximum Gasteiger partial charge on any atom is 0.224 e. The van der Waals surface area contributed by atoms with Crippen molar-refractivity contribution in [2.45, 2.75) is 52.5 Å².